The Hall–Kier alpha value is -1.79. The van der Waals surface area contributed by atoms with Gasteiger partial charge in [-0.1, -0.05) is 23.7 Å². The van der Waals surface area contributed by atoms with E-state index in [1.165, 1.54) is 0 Å². The predicted octanol–water partition coefficient (Wildman–Crippen LogP) is 2.97. The Kier molecular flexibility index (Phi) is 6.87. The Bertz CT molecular complexity index is 556. The number of aliphatic carboxylic acids is 1. The number of carboxylic acids is 1. The number of carbonyl (C=O) groups excluding carboxylic acids is 1. The molecule has 1 fully saturated rings. The smallest absolute Gasteiger partial charge is 0.315 e. The molecule has 1 aliphatic carbocycles. The molecular formula is C17H23ClN2O4. The van der Waals surface area contributed by atoms with Crippen LogP contribution in [0.4, 0.5) is 4.79 Å². The highest BCUT2D eigenvalue weighted by molar-refractivity contribution is 6.30. The third-order valence-electron chi connectivity index (χ3n) is 4.32. The Morgan fingerprint density at radius 1 is 1.25 bits per heavy atom. The van der Waals surface area contributed by atoms with Crippen LogP contribution in [0, 0.1) is 5.92 Å². The van der Waals surface area contributed by atoms with Crippen molar-refractivity contribution in [3.63, 3.8) is 0 Å². The zero-order chi connectivity index (χ0) is 17.5. The van der Waals surface area contributed by atoms with E-state index < -0.39 is 5.97 Å². The van der Waals surface area contributed by atoms with Gasteiger partial charge >= 0.3 is 12.0 Å². The SMILES string of the molecule is COCC(NC(=O)NC1CCC(C(=O)O)CC1)c1ccc(Cl)cc1. The van der Waals surface area contributed by atoms with Gasteiger partial charge in [-0.3, -0.25) is 4.79 Å². The molecule has 6 nitrogen and oxygen atoms in total. The second kappa shape index (κ2) is 8.89. The highest BCUT2D eigenvalue weighted by atomic mass is 35.5. The minimum absolute atomic E-state index is 0.00835. The molecule has 3 N–H and O–H groups in total. The van der Waals surface area contributed by atoms with E-state index >= 15 is 0 Å². The van der Waals surface area contributed by atoms with Crippen molar-refractivity contribution in [2.24, 2.45) is 5.92 Å². The molecule has 1 saturated carbocycles. The zero-order valence-corrected chi connectivity index (χ0v) is 14.4. The first-order chi connectivity index (χ1) is 11.5. The van der Waals surface area contributed by atoms with Crippen LogP contribution in [0.3, 0.4) is 0 Å². The minimum Gasteiger partial charge on any atom is -0.481 e. The zero-order valence-electron chi connectivity index (χ0n) is 13.6. The van der Waals surface area contributed by atoms with E-state index in [9.17, 15) is 9.59 Å². The molecule has 1 atom stereocenters. The molecule has 0 aliphatic heterocycles. The van der Waals surface area contributed by atoms with E-state index in [-0.39, 0.29) is 24.0 Å². The van der Waals surface area contributed by atoms with E-state index in [2.05, 4.69) is 10.6 Å². The molecule has 1 aliphatic rings. The van der Waals surface area contributed by atoms with Crippen molar-refractivity contribution in [1.29, 1.82) is 0 Å². The molecule has 0 heterocycles. The number of carbonyl (C=O) groups is 2. The number of amides is 2. The lowest BCUT2D eigenvalue weighted by molar-refractivity contribution is -0.142. The summed E-state index contributed by atoms with van der Waals surface area (Å²) in [4.78, 5) is 23.2. The average molecular weight is 355 g/mol. The molecule has 1 unspecified atom stereocenters. The van der Waals surface area contributed by atoms with Gasteiger partial charge in [-0.25, -0.2) is 4.79 Å². The maximum Gasteiger partial charge on any atom is 0.315 e. The quantitative estimate of drug-likeness (QED) is 0.732. The third-order valence-corrected chi connectivity index (χ3v) is 4.57. The lowest BCUT2D eigenvalue weighted by atomic mass is 9.86. The van der Waals surface area contributed by atoms with Crippen LogP contribution >= 0.6 is 11.6 Å². The Labute approximate surface area is 146 Å². The van der Waals surface area contributed by atoms with Crippen molar-refractivity contribution < 1.29 is 19.4 Å². The summed E-state index contributed by atoms with van der Waals surface area (Å²) in [7, 11) is 1.58. The fraction of sp³-hybridized carbons (Fsp3) is 0.529. The molecule has 0 saturated heterocycles. The van der Waals surface area contributed by atoms with Crippen molar-refractivity contribution >= 4 is 23.6 Å². The van der Waals surface area contributed by atoms with Gasteiger partial charge in [0.25, 0.3) is 0 Å². The number of rotatable bonds is 6. The van der Waals surface area contributed by atoms with Gasteiger partial charge < -0.3 is 20.5 Å². The molecule has 0 spiro atoms. The normalized spacial score (nSPS) is 21.8. The van der Waals surface area contributed by atoms with Gasteiger partial charge in [0.2, 0.25) is 0 Å². The lowest BCUT2D eigenvalue weighted by Crippen LogP contribution is -2.46. The summed E-state index contributed by atoms with van der Waals surface area (Å²) in [6, 6.07) is 6.70. The Balaban J connectivity index is 1.87. The van der Waals surface area contributed by atoms with Gasteiger partial charge in [0, 0.05) is 18.2 Å². The summed E-state index contributed by atoms with van der Waals surface area (Å²) in [6.07, 6.45) is 2.55. The molecule has 1 aromatic rings. The fourth-order valence-corrected chi connectivity index (χ4v) is 3.08. The van der Waals surface area contributed by atoms with Crippen molar-refractivity contribution in [3.8, 4) is 0 Å². The van der Waals surface area contributed by atoms with Crippen LogP contribution in [0.15, 0.2) is 24.3 Å². The summed E-state index contributed by atoms with van der Waals surface area (Å²) in [5, 5.41) is 15.5. The number of methoxy groups -OCH3 is 1. The van der Waals surface area contributed by atoms with Crippen molar-refractivity contribution in [3.05, 3.63) is 34.9 Å². The number of benzene rings is 1. The minimum atomic E-state index is -0.749. The summed E-state index contributed by atoms with van der Waals surface area (Å²) < 4.78 is 5.18. The highest BCUT2D eigenvalue weighted by Crippen LogP contribution is 2.24. The first kappa shape index (κ1) is 18.5. The molecule has 24 heavy (non-hydrogen) atoms. The number of halogens is 1. The summed E-state index contributed by atoms with van der Waals surface area (Å²) in [5.41, 5.74) is 0.908. The number of urea groups is 1. The van der Waals surface area contributed by atoms with Crippen LogP contribution in [0.5, 0.6) is 0 Å². The van der Waals surface area contributed by atoms with Crippen molar-refractivity contribution in [2.45, 2.75) is 37.8 Å². The molecule has 2 rings (SSSR count). The van der Waals surface area contributed by atoms with Crippen LogP contribution in [0.1, 0.15) is 37.3 Å². The number of hydrogen-bond donors (Lipinski definition) is 3. The molecule has 0 aromatic heterocycles. The molecule has 0 radical (unpaired) electrons. The van der Waals surface area contributed by atoms with Crippen LogP contribution in [-0.2, 0) is 9.53 Å². The highest BCUT2D eigenvalue weighted by Gasteiger charge is 2.27. The Morgan fingerprint density at radius 2 is 1.88 bits per heavy atom. The Morgan fingerprint density at radius 3 is 2.42 bits per heavy atom. The van der Waals surface area contributed by atoms with E-state index in [4.69, 9.17) is 21.4 Å². The molecule has 1 aromatic carbocycles. The number of ether oxygens (including phenoxy) is 1. The van der Waals surface area contributed by atoms with E-state index in [1.807, 2.05) is 12.1 Å². The lowest BCUT2D eigenvalue weighted by Gasteiger charge is -2.28. The third kappa shape index (κ3) is 5.39. The maximum atomic E-state index is 12.2. The molecule has 0 bridgehead atoms. The number of hydrogen-bond acceptors (Lipinski definition) is 3. The molecular weight excluding hydrogens is 332 g/mol. The first-order valence-corrected chi connectivity index (χ1v) is 8.41. The first-order valence-electron chi connectivity index (χ1n) is 8.04. The topological polar surface area (TPSA) is 87.7 Å². The van der Waals surface area contributed by atoms with E-state index in [0.717, 1.165) is 5.56 Å². The standard InChI is InChI=1S/C17H23ClN2O4/c1-24-10-15(11-2-6-13(18)7-3-11)20-17(23)19-14-8-4-12(5-9-14)16(21)22/h2-3,6-7,12,14-15H,4-5,8-10H2,1H3,(H,21,22)(H2,19,20,23). The van der Waals surface area contributed by atoms with E-state index in [1.54, 1.807) is 19.2 Å². The molecule has 7 heteroatoms. The van der Waals surface area contributed by atoms with Crippen molar-refractivity contribution in [1.82, 2.24) is 10.6 Å². The van der Waals surface area contributed by atoms with Crippen LogP contribution in [0.25, 0.3) is 0 Å². The van der Waals surface area contributed by atoms with Gasteiger partial charge in [-0.2, -0.15) is 0 Å². The monoisotopic (exact) mass is 354 g/mol. The van der Waals surface area contributed by atoms with Gasteiger partial charge in [0.1, 0.15) is 0 Å². The van der Waals surface area contributed by atoms with Crippen LogP contribution in [0.2, 0.25) is 5.02 Å². The number of carboxylic acid groups (broad SMARTS) is 1. The van der Waals surface area contributed by atoms with Crippen LogP contribution in [-0.4, -0.2) is 36.9 Å². The van der Waals surface area contributed by atoms with Gasteiger partial charge in [0.15, 0.2) is 0 Å². The summed E-state index contributed by atoms with van der Waals surface area (Å²) in [6.45, 7) is 0.348. The summed E-state index contributed by atoms with van der Waals surface area (Å²) in [5.74, 6) is -1.04. The van der Waals surface area contributed by atoms with Gasteiger partial charge in [0.05, 0.1) is 18.6 Å². The summed E-state index contributed by atoms with van der Waals surface area (Å²) >= 11 is 5.89. The largest absolute Gasteiger partial charge is 0.481 e. The second-order valence-corrected chi connectivity index (χ2v) is 6.50. The van der Waals surface area contributed by atoms with Crippen LogP contribution < -0.4 is 10.6 Å². The second-order valence-electron chi connectivity index (χ2n) is 6.06. The number of nitrogens with one attached hydrogen (secondary N) is 2. The maximum absolute atomic E-state index is 12.2. The van der Waals surface area contributed by atoms with E-state index in [0.29, 0.717) is 37.3 Å². The van der Waals surface area contributed by atoms with Gasteiger partial charge in [-0.05, 0) is 43.4 Å². The predicted molar refractivity (Wildman–Crippen MR) is 91.1 cm³/mol. The fourth-order valence-electron chi connectivity index (χ4n) is 2.95. The average Bonchev–Trinajstić information content (AvgIpc) is 2.55. The molecule has 2 amide bonds. The van der Waals surface area contributed by atoms with Crippen molar-refractivity contribution in [2.75, 3.05) is 13.7 Å². The molecule has 132 valence electrons. The van der Waals surface area contributed by atoms with Gasteiger partial charge in [-0.15, -0.1) is 0 Å².